The maximum absolute atomic E-state index is 4.44. The highest BCUT2D eigenvalue weighted by Crippen LogP contribution is 2.19. The SMILES string of the molecule is CCc1ccc(C2=NCCS2)cc1. The second-order valence-electron chi connectivity index (χ2n) is 3.09. The largest absolute Gasteiger partial charge is 0.277 e. The molecule has 13 heavy (non-hydrogen) atoms. The van der Waals surface area contributed by atoms with Gasteiger partial charge in [0.15, 0.2) is 0 Å². The fourth-order valence-corrected chi connectivity index (χ4v) is 2.25. The minimum Gasteiger partial charge on any atom is -0.277 e. The number of aliphatic imine (C=N–C) groups is 1. The van der Waals surface area contributed by atoms with Crippen LogP contribution >= 0.6 is 11.8 Å². The van der Waals surface area contributed by atoms with Crippen molar-refractivity contribution < 1.29 is 0 Å². The fourth-order valence-electron chi connectivity index (χ4n) is 1.39. The molecule has 0 aromatic heterocycles. The van der Waals surface area contributed by atoms with E-state index in [2.05, 4.69) is 36.2 Å². The Morgan fingerprint density at radius 1 is 1.31 bits per heavy atom. The summed E-state index contributed by atoms with van der Waals surface area (Å²) in [6.07, 6.45) is 1.11. The van der Waals surface area contributed by atoms with Gasteiger partial charge in [0.2, 0.25) is 0 Å². The summed E-state index contributed by atoms with van der Waals surface area (Å²) in [4.78, 5) is 4.44. The maximum atomic E-state index is 4.44. The number of benzene rings is 1. The molecule has 0 aliphatic carbocycles. The minimum atomic E-state index is 0.982. The second kappa shape index (κ2) is 3.97. The molecule has 2 heteroatoms. The van der Waals surface area contributed by atoms with Crippen LogP contribution in [-0.2, 0) is 6.42 Å². The van der Waals surface area contributed by atoms with Crippen LogP contribution < -0.4 is 0 Å². The maximum Gasteiger partial charge on any atom is 0.0977 e. The third-order valence-corrected chi connectivity index (χ3v) is 3.22. The predicted octanol–water partition coefficient (Wildman–Crippen LogP) is 2.74. The molecule has 0 amide bonds. The Labute approximate surface area is 83.3 Å². The first-order valence-electron chi connectivity index (χ1n) is 4.66. The van der Waals surface area contributed by atoms with E-state index < -0.39 is 0 Å². The lowest BCUT2D eigenvalue weighted by molar-refractivity contribution is 1.14. The van der Waals surface area contributed by atoms with Gasteiger partial charge in [-0.15, -0.1) is 11.8 Å². The Morgan fingerprint density at radius 3 is 2.62 bits per heavy atom. The molecule has 0 atom stereocenters. The number of thioether (sulfide) groups is 1. The zero-order valence-corrected chi connectivity index (χ0v) is 8.60. The zero-order valence-electron chi connectivity index (χ0n) is 7.79. The lowest BCUT2D eigenvalue weighted by atomic mass is 10.1. The van der Waals surface area contributed by atoms with Crippen LogP contribution in [-0.4, -0.2) is 17.3 Å². The molecule has 0 saturated carbocycles. The van der Waals surface area contributed by atoms with E-state index in [0.29, 0.717) is 0 Å². The van der Waals surface area contributed by atoms with Crippen molar-refractivity contribution in [3.8, 4) is 0 Å². The summed E-state index contributed by atoms with van der Waals surface area (Å²) in [5, 5.41) is 1.21. The summed E-state index contributed by atoms with van der Waals surface area (Å²) in [6, 6.07) is 8.74. The lowest BCUT2D eigenvalue weighted by Gasteiger charge is -2.00. The fraction of sp³-hybridized carbons (Fsp3) is 0.364. The molecule has 0 N–H and O–H groups in total. The van der Waals surface area contributed by atoms with E-state index in [0.717, 1.165) is 18.7 Å². The van der Waals surface area contributed by atoms with Crippen LogP contribution in [0.15, 0.2) is 29.3 Å². The molecule has 0 bridgehead atoms. The molecule has 0 unspecified atom stereocenters. The van der Waals surface area contributed by atoms with Gasteiger partial charge in [0.05, 0.1) is 5.04 Å². The highest BCUT2D eigenvalue weighted by molar-refractivity contribution is 8.14. The van der Waals surface area contributed by atoms with Gasteiger partial charge in [-0.2, -0.15) is 0 Å². The summed E-state index contributed by atoms with van der Waals surface area (Å²) in [5.74, 6) is 1.14. The molecule has 1 aliphatic rings. The van der Waals surface area contributed by atoms with Crippen molar-refractivity contribution in [1.82, 2.24) is 0 Å². The van der Waals surface area contributed by atoms with Crippen LogP contribution in [0.5, 0.6) is 0 Å². The van der Waals surface area contributed by atoms with Gasteiger partial charge in [-0.1, -0.05) is 31.2 Å². The summed E-state index contributed by atoms with van der Waals surface area (Å²) in [6.45, 7) is 3.16. The van der Waals surface area contributed by atoms with Gasteiger partial charge in [0, 0.05) is 17.9 Å². The Hall–Kier alpha value is -0.760. The van der Waals surface area contributed by atoms with Crippen LogP contribution in [0.2, 0.25) is 0 Å². The van der Waals surface area contributed by atoms with Crippen molar-refractivity contribution in [1.29, 1.82) is 0 Å². The van der Waals surface area contributed by atoms with E-state index in [1.165, 1.54) is 16.2 Å². The lowest BCUT2D eigenvalue weighted by Crippen LogP contribution is -1.91. The number of aryl methyl sites for hydroxylation is 1. The Bertz CT molecular complexity index is 313. The molecule has 0 saturated heterocycles. The van der Waals surface area contributed by atoms with E-state index in [1.54, 1.807) is 0 Å². The van der Waals surface area contributed by atoms with Crippen molar-refractivity contribution in [3.05, 3.63) is 35.4 Å². The van der Waals surface area contributed by atoms with Crippen LogP contribution in [0.4, 0.5) is 0 Å². The topological polar surface area (TPSA) is 12.4 Å². The molecule has 0 fully saturated rings. The van der Waals surface area contributed by atoms with E-state index in [9.17, 15) is 0 Å². The standard InChI is InChI=1S/C11H13NS/c1-2-9-3-5-10(6-4-9)11-12-7-8-13-11/h3-6H,2,7-8H2,1H3. The number of hydrogen-bond acceptors (Lipinski definition) is 2. The molecule has 1 nitrogen and oxygen atoms in total. The van der Waals surface area contributed by atoms with Crippen molar-refractivity contribution in [2.24, 2.45) is 4.99 Å². The molecule has 2 rings (SSSR count). The molecule has 1 aliphatic heterocycles. The van der Waals surface area contributed by atoms with Crippen molar-refractivity contribution in [2.45, 2.75) is 13.3 Å². The van der Waals surface area contributed by atoms with Crippen molar-refractivity contribution >= 4 is 16.8 Å². The average Bonchev–Trinajstić information content (AvgIpc) is 2.71. The molecular weight excluding hydrogens is 178 g/mol. The van der Waals surface area contributed by atoms with Gasteiger partial charge < -0.3 is 0 Å². The first-order valence-corrected chi connectivity index (χ1v) is 5.65. The molecule has 0 radical (unpaired) electrons. The summed E-state index contributed by atoms with van der Waals surface area (Å²) >= 11 is 1.86. The van der Waals surface area contributed by atoms with Crippen molar-refractivity contribution in [2.75, 3.05) is 12.3 Å². The number of hydrogen-bond donors (Lipinski definition) is 0. The molecule has 1 aromatic carbocycles. The molecule has 0 spiro atoms. The third-order valence-electron chi connectivity index (χ3n) is 2.19. The molecular formula is C11H13NS. The monoisotopic (exact) mass is 191 g/mol. The van der Waals surface area contributed by atoms with Crippen LogP contribution in [0, 0.1) is 0 Å². The minimum absolute atomic E-state index is 0.982. The third kappa shape index (κ3) is 1.94. The predicted molar refractivity (Wildman–Crippen MR) is 59.7 cm³/mol. The van der Waals surface area contributed by atoms with E-state index in [1.807, 2.05) is 11.8 Å². The van der Waals surface area contributed by atoms with E-state index in [4.69, 9.17) is 0 Å². The zero-order chi connectivity index (χ0) is 9.10. The van der Waals surface area contributed by atoms with Gasteiger partial charge in [-0.25, -0.2) is 0 Å². The average molecular weight is 191 g/mol. The molecule has 1 heterocycles. The van der Waals surface area contributed by atoms with Crippen LogP contribution in [0.3, 0.4) is 0 Å². The van der Waals surface area contributed by atoms with Crippen molar-refractivity contribution in [3.63, 3.8) is 0 Å². The van der Waals surface area contributed by atoms with Crippen LogP contribution in [0.1, 0.15) is 18.1 Å². The first-order chi connectivity index (χ1) is 6.40. The Balaban J connectivity index is 2.22. The van der Waals surface area contributed by atoms with Gasteiger partial charge in [-0.3, -0.25) is 4.99 Å². The highest BCUT2D eigenvalue weighted by atomic mass is 32.2. The number of nitrogens with zero attached hydrogens (tertiary/aromatic N) is 1. The second-order valence-corrected chi connectivity index (χ2v) is 4.17. The quantitative estimate of drug-likeness (QED) is 0.700. The molecule has 1 aromatic rings. The van der Waals surface area contributed by atoms with Gasteiger partial charge in [0.25, 0.3) is 0 Å². The summed E-state index contributed by atoms with van der Waals surface area (Å²) in [5.41, 5.74) is 2.67. The van der Waals surface area contributed by atoms with Gasteiger partial charge in [-0.05, 0) is 12.0 Å². The summed E-state index contributed by atoms with van der Waals surface area (Å²) in [7, 11) is 0. The van der Waals surface area contributed by atoms with Gasteiger partial charge in [0.1, 0.15) is 0 Å². The van der Waals surface area contributed by atoms with E-state index >= 15 is 0 Å². The normalized spacial score (nSPS) is 15.9. The van der Waals surface area contributed by atoms with Gasteiger partial charge >= 0.3 is 0 Å². The smallest absolute Gasteiger partial charge is 0.0977 e. The number of rotatable bonds is 2. The molecule has 68 valence electrons. The Morgan fingerprint density at radius 2 is 2.08 bits per heavy atom. The van der Waals surface area contributed by atoms with Crippen LogP contribution in [0.25, 0.3) is 0 Å². The summed E-state index contributed by atoms with van der Waals surface area (Å²) < 4.78 is 0. The highest BCUT2D eigenvalue weighted by Gasteiger charge is 2.08. The Kier molecular flexibility index (Phi) is 2.69. The first kappa shape index (κ1) is 8.82. The van der Waals surface area contributed by atoms with E-state index in [-0.39, 0.29) is 0 Å².